The van der Waals surface area contributed by atoms with Gasteiger partial charge in [-0.25, -0.2) is 4.98 Å². The molecule has 1 aromatic heterocycles. The number of thioether (sulfide) groups is 1. The van der Waals surface area contributed by atoms with Crippen molar-refractivity contribution in [2.75, 3.05) is 12.4 Å². The van der Waals surface area contributed by atoms with Crippen molar-refractivity contribution < 1.29 is 9.53 Å². The van der Waals surface area contributed by atoms with Gasteiger partial charge in [0.1, 0.15) is 5.69 Å². The SMILES string of the molecule is CCCCCCc1cc2c(cc1C#Cc1ccc(CCC(=O)OCC)cn1)C(C)(C)CCS2. The first kappa shape index (κ1) is 25.4. The molecule has 3 nitrogen and oxygen atoms in total. The minimum Gasteiger partial charge on any atom is -0.466 e. The first-order valence-electron chi connectivity index (χ1n) is 12.4. The summed E-state index contributed by atoms with van der Waals surface area (Å²) in [5.41, 5.74) is 5.93. The highest BCUT2D eigenvalue weighted by atomic mass is 32.2. The lowest BCUT2D eigenvalue weighted by Crippen LogP contribution is -2.23. The number of hydrogen-bond donors (Lipinski definition) is 0. The second kappa shape index (κ2) is 12.3. The molecule has 0 aliphatic carbocycles. The van der Waals surface area contributed by atoms with Gasteiger partial charge in [-0.1, -0.05) is 52.0 Å². The average molecular weight is 464 g/mol. The molecule has 176 valence electrons. The fourth-order valence-electron chi connectivity index (χ4n) is 4.14. The van der Waals surface area contributed by atoms with E-state index in [0.29, 0.717) is 19.4 Å². The molecule has 1 aromatic carbocycles. The maximum atomic E-state index is 11.6. The number of hydrogen-bond acceptors (Lipinski definition) is 4. The fourth-order valence-corrected chi connectivity index (χ4v) is 5.69. The normalized spacial score (nSPS) is 14.2. The van der Waals surface area contributed by atoms with Crippen LogP contribution in [-0.4, -0.2) is 23.3 Å². The molecular formula is C29H37NO2S. The van der Waals surface area contributed by atoms with E-state index < -0.39 is 0 Å². The lowest BCUT2D eigenvalue weighted by atomic mass is 9.80. The van der Waals surface area contributed by atoms with Gasteiger partial charge in [0, 0.05) is 23.1 Å². The smallest absolute Gasteiger partial charge is 0.306 e. The van der Waals surface area contributed by atoms with E-state index >= 15 is 0 Å². The molecule has 1 aliphatic heterocycles. The fraction of sp³-hybridized carbons (Fsp3) is 0.517. The quantitative estimate of drug-likeness (QED) is 0.231. The van der Waals surface area contributed by atoms with Crippen LogP contribution in [0.3, 0.4) is 0 Å². The number of pyridine rings is 1. The molecule has 0 radical (unpaired) electrons. The van der Waals surface area contributed by atoms with Gasteiger partial charge >= 0.3 is 5.97 Å². The van der Waals surface area contributed by atoms with Crippen molar-refractivity contribution in [3.63, 3.8) is 0 Å². The topological polar surface area (TPSA) is 39.2 Å². The van der Waals surface area contributed by atoms with Crippen molar-refractivity contribution in [3.05, 3.63) is 58.4 Å². The Kier molecular flexibility index (Phi) is 9.44. The van der Waals surface area contributed by atoms with E-state index in [1.165, 1.54) is 53.9 Å². The molecule has 0 N–H and O–H groups in total. The molecular weight excluding hydrogens is 426 g/mol. The number of carbonyl (C=O) groups is 1. The summed E-state index contributed by atoms with van der Waals surface area (Å²) in [6.07, 6.45) is 10.1. The van der Waals surface area contributed by atoms with Crippen LogP contribution in [0.25, 0.3) is 0 Å². The third kappa shape index (κ3) is 7.37. The zero-order valence-electron chi connectivity index (χ0n) is 20.6. The van der Waals surface area contributed by atoms with Crippen LogP contribution in [0.1, 0.15) is 94.2 Å². The lowest BCUT2D eigenvalue weighted by Gasteiger charge is -2.32. The van der Waals surface area contributed by atoms with Gasteiger partial charge in [-0.3, -0.25) is 4.79 Å². The molecule has 0 unspecified atom stereocenters. The molecule has 0 fully saturated rings. The number of esters is 1. The summed E-state index contributed by atoms with van der Waals surface area (Å²) >= 11 is 1.99. The van der Waals surface area contributed by atoms with Gasteiger partial charge in [-0.05, 0) is 84.6 Å². The van der Waals surface area contributed by atoms with Gasteiger partial charge in [-0.2, -0.15) is 0 Å². The standard InChI is InChI=1S/C29H37NO2S/c1-5-7-8-9-10-23-20-27-26(29(3,4)17-18-33-27)19-24(23)13-15-25-14-11-22(21-30-25)12-16-28(31)32-6-2/h11,14,19-21H,5-10,12,16-18H2,1-4H3. The van der Waals surface area contributed by atoms with Crippen molar-refractivity contribution in [2.45, 2.75) is 89.4 Å². The maximum absolute atomic E-state index is 11.6. The molecule has 0 saturated heterocycles. The van der Waals surface area contributed by atoms with E-state index in [9.17, 15) is 4.79 Å². The zero-order valence-corrected chi connectivity index (χ0v) is 21.4. The van der Waals surface area contributed by atoms with Crippen molar-refractivity contribution in [1.82, 2.24) is 4.98 Å². The van der Waals surface area contributed by atoms with Crippen LogP contribution in [0.5, 0.6) is 0 Å². The van der Waals surface area contributed by atoms with Crippen LogP contribution in [0.15, 0.2) is 35.4 Å². The highest BCUT2D eigenvalue weighted by Gasteiger charge is 2.28. The summed E-state index contributed by atoms with van der Waals surface area (Å²) in [7, 11) is 0. The van der Waals surface area contributed by atoms with Gasteiger partial charge < -0.3 is 4.74 Å². The number of nitrogens with zero attached hydrogens (tertiary/aromatic N) is 1. The maximum Gasteiger partial charge on any atom is 0.306 e. The minimum atomic E-state index is -0.165. The Hall–Kier alpha value is -2.25. The van der Waals surface area contributed by atoms with Crippen molar-refractivity contribution in [2.24, 2.45) is 0 Å². The second-order valence-corrected chi connectivity index (χ2v) is 10.5. The predicted molar refractivity (Wildman–Crippen MR) is 138 cm³/mol. The molecule has 0 spiro atoms. The van der Waals surface area contributed by atoms with E-state index in [2.05, 4.69) is 49.7 Å². The third-order valence-corrected chi connectivity index (χ3v) is 7.35. The molecule has 1 aliphatic rings. The molecule has 3 rings (SSSR count). The highest BCUT2D eigenvalue weighted by Crippen LogP contribution is 2.42. The monoisotopic (exact) mass is 463 g/mol. The predicted octanol–water partition coefficient (Wildman–Crippen LogP) is 6.87. The Balaban J connectivity index is 1.79. The summed E-state index contributed by atoms with van der Waals surface area (Å²) in [6.45, 7) is 9.20. The number of rotatable bonds is 9. The Morgan fingerprint density at radius 2 is 1.97 bits per heavy atom. The minimum absolute atomic E-state index is 0.165. The lowest BCUT2D eigenvalue weighted by molar-refractivity contribution is -0.143. The molecule has 0 amide bonds. The summed E-state index contributed by atoms with van der Waals surface area (Å²) in [5.74, 6) is 7.76. The first-order valence-corrected chi connectivity index (χ1v) is 13.3. The Bertz CT molecular complexity index is 999. The third-order valence-electron chi connectivity index (χ3n) is 6.29. The summed E-state index contributed by atoms with van der Waals surface area (Å²) in [4.78, 5) is 17.5. The number of benzene rings is 1. The summed E-state index contributed by atoms with van der Waals surface area (Å²) < 4.78 is 5.00. The number of ether oxygens (including phenoxy) is 1. The number of fused-ring (bicyclic) bond motifs is 1. The molecule has 33 heavy (non-hydrogen) atoms. The molecule has 4 heteroatoms. The zero-order chi connectivity index (χ0) is 23.7. The van der Waals surface area contributed by atoms with E-state index in [1.54, 1.807) is 0 Å². The van der Waals surface area contributed by atoms with E-state index in [0.717, 1.165) is 23.2 Å². The second-order valence-electron chi connectivity index (χ2n) is 9.41. The van der Waals surface area contributed by atoms with Gasteiger partial charge in [0.2, 0.25) is 0 Å². The van der Waals surface area contributed by atoms with Gasteiger partial charge in [0.15, 0.2) is 0 Å². The number of unbranched alkanes of at least 4 members (excludes halogenated alkanes) is 3. The van der Waals surface area contributed by atoms with E-state index in [-0.39, 0.29) is 11.4 Å². The number of aromatic nitrogens is 1. The van der Waals surface area contributed by atoms with Gasteiger partial charge in [-0.15, -0.1) is 11.8 Å². The van der Waals surface area contributed by atoms with E-state index in [1.807, 2.05) is 37.0 Å². The Labute approximate surface area is 204 Å². The molecule has 0 saturated carbocycles. The molecule has 0 atom stereocenters. The largest absolute Gasteiger partial charge is 0.466 e. The van der Waals surface area contributed by atoms with Crippen molar-refractivity contribution in [3.8, 4) is 11.8 Å². The Morgan fingerprint density at radius 1 is 1.12 bits per heavy atom. The summed E-state index contributed by atoms with van der Waals surface area (Å²) in [6, 6.07) is 8.71. The highest BCUT2D eigenvalue weighted by molar-refractivity contribution is 7.99. The van der Waals surface area contributed by atoms with Crippen molar-refractivity contribution in [1.29, 1.82) is 0 Å². The van der Waals surface area contributed by atoms with Crippen LogP contribution in [-0.2, 0) is 27.8 Å². The van der Waals surface area contributed by atoms with Crippen LogP contribution in [0.4, 0.5) is 0 Å². The molecule has 2 aromatic rings. The van der Waals surface area contributed by atoms with Crippen LogP contribution in [0, 0.1) is 11.8 Å². The van der Waals surface area contributed by atoms with E-state index in [4.69, 9.17) is 4.74 Å². The van der Waals surface area contributed by atoms with Crippen LogP contribution < -0.4 is 0 Å². The molecule has 2 heterocycles. The van der Waals surface area contributed by atoms with Gasteiger partial charge in [0.25, 0.3) is 0 Å². The van der Waals surface area contributed by atoms with Gasteiger partial charge in [0.05, 0.1) is 6.61 Å². The number of carbonyl (C=O) groups excluding carboxylic acids is 1. The summed E-state index contributed by atoms with van der Waals surface area (Å²) in [5, 5.41) is 0. The average Bonchev–Trinajstić information content (AvgIpc) is 2.80. The number of aryl methyl sites for hydroxylation is 2. The van der Waals surface area contributed by atoms with Crippen LogP contribution in [0.2, 0.25) is 0 Å². The van der Waals surface area contributed by atoms with Crippen molar-refractivity contribution >= 4 is 17.7 Å². The first-order chi connectivity index (χ1) is 15.9. The molecule has 0 bridgehead atoms. The Morgan fingerprint density at radius 3 is 2.70 bits per heavy atom. The van der Waals surface area contributed by atoms with Crippen LogP contribution >= 0.6 is 11.8 Å².